The van der Waals surface area contributed by atoms with Gasteiger partial charge < -0.3 is 4.74 Å². The van der Waals surface area contributed by atoms with Gasteiger partial charge in [0.15, 0.2) is 0 Å². The lowest BCUT2D eigenvalue weighted by atomic mass is 10.1. The molecule has 0 spiro atoms. The van der Waals surface area contributed by atoms with E-state index in [9.17, 15) is 8.42 Å². The van der Waals surface area contributed by atoms with E-state index < -0.39 is 10.0 Å². The third-order valence-electron chi connectivity index (χ3n) is 4.79. The summed E-state index contributed by atoms with van der Waals surface area (Å²) in [5.41, 5.74) is 3.65. The van der Waals surface area contributed by atoms with E-state index in [0.717, 1.165) is 28.1 Å². The van der Waals surface area contributed by atoms with Crippen LogP contribution in [-0.4, -0.2) is 36.9 Å². The molecule has 1 fully saturated rings. The molecule has 0 unspecified atom stereocenters. The molecule has 26 heavy (non-hydrogen) atoms. The molecule has 1 aromatic carbocycles. The highest BCUT2D eigenvalue weighted by atomic mass is 32.2. The first-order valence-electron chi connectivity index (χ1n) is 8.94. The monoisotopic (exact) mass is 374 g/mol. The lowest BCUT2D eigenvalue weighted by Gasteiger charge is -2.32. The van der Waals surface area contributed by atoms with Gasteiger partial charge in [-0.25, -0.2) is 8.42 Å². The molecule has 140 valence electrons. The van der Waals surface area contributed by atoms with Crippen molar-refractivity contribution in [3.8, 4) is 5.75 Å². The Hall–Kier alpha value is -1.92. The van der Waals surface area contributed by atoms with Crippen LogP contribution >= 0.6 is 0 Å². The zero-order chi connectivity index (χ0) is 18.9. The first kappa shape index (κ1) is 18.9. The van der Waals surface area contributed by atoms with Crippen molar-refractivity contribution in [2.75, 3.05) is 13.1 Å². The molecule has 0 atom stereocenters. The number of hydrogen-bond acceptors (Lipinski definition) is 4. The van der Waals surface area contributed by atoms with Crippen molar-refractivity contribution in [2.24, 2.45) is 0 Å². The SMILES string of the molecule is Cc1cc(C)c(S(=O)(=O)N2CCC(Oc3ccc(C)nc3)CC2)c(C)c1. The minimum atomic E-state index is -3.48. The van der Waals surface area contributed by atoms with E-state index in [2.05, 4.69) is 4.98 Å². The van der Waals surface area contributed by atoms with Crippen molar-refractivity contribution in [1.82, 2.24) is 9.29 Å². The largest absolute Gasteiger partial charge is 0.489 e. The van der Waals surface area contributed by atoms with Gasteiger partial charge in [-0.05, 0) is 63.8 Å². The van der Waals surface area contributed by atoms with E-state index in [0.29, 0.717) is 30.8 Å². The highest BCUT2D eigenvalue weighted by molar-refractivity contribution is 7.89. The molecular weight excluding hydrogens is 348 g/mol. The number of aromatic nitrogens is 1. The lowest BCUT2D eigenvalue weighted by Crippen LogP contribution is -2.42. The Morgan fingerprint density at radius 1 is 1.04 bits per heavy atom. The molecular formula is C20H26N2O3S. The van der Waals surface area contributed by atoms with Gasteiger partial charge in [0.2, 0.25) is 10.0 Å². The van der Waals surface area contributed by atoms with Crippen molar-refractivity contribution in [3.05, 3.63) is 52.8 Å². The molecule has 2 aromatic rings. The average Bonchev–Trinajstić information content (AvgIpc) is 2.56. The van der Waals surface area contributed by atoms with Crippen LogP contribution in [0, 0.1) is 27.7 Å². The number of nitrogens with zero attached hydrogens (tertiary/aromatic N) is 2. The molecule has 2 heterocycles. The van der Waals surface area contributed by atoms with Crippen molar-refractivity contribution in [2.45, 2.75) is 51.5 Å². The fourth-order valence-corrected chi connectivity index (χ4v) is 5.49. The number of aryl methyl sites for hydroxylation is 4. The Morgan fingerprint density at radius 3 is 2.19 bits per heavy atom. The molecule has 1 aliphatic heterocycles. The zero-order valence-corrected chi connectivity index (χ0v) is 16.6. The number of sulfonamides is 1. The molecule has 3 rings (SSSR count). The van der Waals surface area contributed by atoms with Crippen molar-refractivity contribution >= 4 is 10.0 Å². The Bertz CT molecular complexity index is 861. The standard InChI is InChI=1S/C20H26N2O3S/c1-14-11-15(2)20(16(3)12-14)26(23,24)22-9-7-18(8-10-22)25-19-6-5-17(4)21-13-19/h5-6,11-13,18H,7-10H2,1-4H3. The molecule has 6 heteroatoms. The van der Waals surface area contributed by atoms with Gasteiger partial charge >= 0.3 is 0 Å². The maximum Gasteiger partial charge on any atom is 0.243 e. The van der Waals surface area contributed by atoms with Crippen molar-refractivity contribution in [3.63, 3.8) is 0 Å². The number of benzene rings is 1. The van der Waals surface area contributed by atoms with E-state index in [1.54, 1.807) is 10.5 Å². The molecule has 1 aliphatic rings. The molecule has 0 aliphatic carbocycles. The second kappa shape index (κ2) is 7.37. The number of piperidine rings is 1. The van der Waals surface area contributed by atoms with Crippen LogP contribution in [-0.2, 0) is 10.0 Å². The molecule has 0 N–H and O–H groups in total. The van der Waals surface area contributed by atoms with Crippen LogP contribution in [0.4, 0.5) is 0 Å². The molecule has 0 bridgehead atoms. The van der Waals surface area contributed by atoms with E-state index in [-0.39, 0.29) is 6.10 Å². The van der Waals surface area contributed by atoms with Gasteiger partial charge in [0.1, 0.15) is 11.9 Å². The Balaban J connectivity index is 1.70. The quantitative estimate of drug-likeness (QED) is 0.821. The highest BCUT2D eigenvalue weighted by Crippen LogP contribution is 2.28. The molecule has 0 radical (unpaired) electrons. The van der Waals surface area contributed by atoms with Crippen LogP contribution in [0.2, 0.25) is 0 Å². The first-order valence-corrected chi connectivity index (χ1v) is 10.4. The summed E-state index contributed by atoms with van der Waals surface area (Å²) in [6, 6.07) is 7.68. The smallest absolute Gasteiger partial charge is 0.243 e. The summed E-state index contributed by atoms with van der Waals surface area (Å²) in [6.45, 7) is 8.60. The molecule has 1 aromatic heterocycles. The molecule has 1 saturated heterocycles. The van der Waals surface area contributed by atoms with E-state index in [1.165, 1.54) is 0 Å². The Kier molecular flexibility index (Phi) is 5.34. The normalized spacial score (nSPS) is 16.6. The Morgan fingerprint density at radius 2 is 1.65 bits per heavy atom. The van der Waals surface area contributed by atoms with Crippen LogP contribution < -0.4 is 4.74 Å². The minimum absolute atomic E-state index is 0.0196. The third kappa shape index (κ3) is 3.91. The fraction of sp³-hybridized carbons (Fsp3) is 0.450. The summed E-state index contributed by atoms with van der Waals surface area (Å²) in [5.74, 6) is 0.738. The summed E-state index contributed by atoms with van der Waals surface area (Å²) in [7, 11) is -3.48. The number of hydrogen-bond donors (Lipinski definition) is 0. The van der Waals surface area contributed by atoms with Crippen LogP contribution in [0.3, 0.4) is 0 Å². The summed E-state index contributed by atoms with van der Waals surface area (Å²) in [6.07, 6.45) is 3.09. The van der Waals surface area contributed by atoms with Gasteiger partial charge in [-0.3, -0.25) is 4.98 Å². The van der Waals surface area contributed by atoms with Gasteiger partial charge in [-0.15, -0.1) is 0 Å². The highest BCUT2D eigenvalue weighted by Gasteiger charge is 2.32. The zero-order valence-electron chi connectivity index (χ0n) is 15.8. The van der Waals surface area contributed by atoms with Crippen LogP contribution in [0.5, 0.6) is 5.75 Å². The second-order valence-electron chi connectivity index (χ2n) is 7.08. The number of rotatable bonds is 4. The van der Waals surface area contributed by atoms with E-state index >= 15 is 0 Å². The number of pyridine rings is 1. The fourth-order valence-electron chi connectivity index (χ4n) is 3.61. The summed E-state index contributed by atoms with van der Waals surface area (Å²) in [5, 5.41) is 0. The lowest BCUT2D eigenvalue weighted by molar-refractivity contribution is 0.134. The maximum absolute atomic E-state index is 13.1. The molecule has 5 nitrogen and oxygen atoms in total. The summed E-state index contributed by atoms with van der Waals surface area (Å²) >= 11 is 0. The predicted octanol–water partition coefficient (Wildman–Crippen LogP) is 3.55. The minimum Gasteiger partial charge on any atom is -0.489 e. The van der Waals surface area contributed by atoms with Crippen molar-refractivity contribution < 1.29 is 13.2 Å². The van der Waals surface area contributed by atoms with Gasteiger partial charge in [0.05, 0.1) is 11.1 Å². The average molecular weight is 375 g/mol. The van der Waals surface area contributed by atoms with Gasteiger partial charge in [-0.1, -0.05) is 17.7 Å². The van der Waals surface area contributed by atoms with Crippen LogP contribution in [0.15, 0.2) is 35.4 Å². The third-order valence-corrected chi connectivity index (χ3v) is 7.00. The van der Waals surface area contributed by atoms with E-state index in [4.69, 9.17) is 4.74 Å². The second-order valence-corrected chi connectivity index (χ2v) is 8.96. The van der Waals surface area contributed by atoms with Crippen molar-refractivity contribution in [1.29, 1.82) is 0 Å². The molecule has 0 amide bonds. The summed E-state index contributed by atoms with van der Waals surface area (Å²) < 4.78 is 33.8. The topological polar surface area (TPSA) is 59.5 Å². The van der Waals surface area contributed by atoms with E-state index in [1.807, 2.05) is 52.0 Å². The summed E-state index contributed by atoms with van der Waals surface area (Å²) in [4.78, 5) is 4.68. The number of ether oxygens (including phenoxy) is 1. The predicted molar refractivity (Wildman–Crippen MR) is 102 cm³/mol. The maximum atomic E-state index is 13.1. The van der Waals surface area contributed by atoms with Gasteiger partial charge in [0.25, 0.3) is 0 Å². The van der Waals surface area contributed by atoms with Gasteiger partial charge in [-0.2, -0.15) is 4.31 Å². The Labute approximate surface area is 156 Å². The molecule has 0 saturated carbocycles. The first-order chi connectivity index (χ1) is 12.3. The van der Waals surface area contributed by atoms with Crippen LogP contribution in [0.25, 0.3) is 0 Å². The van der Waals surface area contributed by atoms with Gasteiger partial charge in [0, 0.05) is 18.8 Å². The van der Waals surface area contributed by atoms with Crippen LogP contribution in [0.1, 0.15) is 35.2 Å².